The van der Waals surface area contributed by atoms with Crippen molar-refractivity contribution in [2.45, 2.75) is 30.3 Å². The first-order valence-corrected chi connectivity index (χ1v) is 11.4. The maximum absolute atomic E-state index is 13.3. The normalized spacial score (nSPS) is 18.7. The maximum Gasteiger partial charge on any atom is 0.417 e. The van der Waals surface area contributed by atoms with Crippen LogP contribution in [0.15, 0.2) is 62.6 Å². The molecule has 9 heteroatoms. The second kappa shape index (κ2) is 9.27. The number of halogens is 3. The lowest BCUT2D eigenvalue weighted by Gasteiger charge is -2.31. The van der Waals surface area contributed by atoms with Crippen molar-refractivity contribution in [1.82, 2.24) is 4.31 Å². The van der Waals surface area contributed by atoms with Crippen LogP contribution >= 0.6 is 0 Å². The Morgan fingerprint density at radius 3 is 2.53 bits per heavy atom. The van der Waals surface area contributed by atoms with Gasteiger partial charge in [-0.3, -0.25) is 0 Å². The first-order valence-electron chi connectivity index (χ1n) is 10.2. The average molecular weight is 465 g/mol. The molecule has 1 fully saturated rings. The summed E-state index contributed by atoms with van der Waals surface area (Å²) in [5.74, 6) is 0.130. The van der Waals surface area contributed by atoms with E-state index < -0.39 is 28.7 Å². The first kappa shape index (κ1) is 22.8. The molecule has 2 unspecified atom stereocenters. The van der Waals surface area contributed by atoms with Gasteiger partial charge in [0, 0.05) is 31.1 Å². The molecule has 0 spiro atoms. The molecule has 0 saturated carbocycles. The van der Waals surface area contributed by atoms with Crippen molar-refractivity contribution >= 4 is 22.3 Å². The highest BCUT2D eigenvalue weighted by atomic mass is 32.2. The molecule has 2 atom stereocenters. The van der Waals surface area contributed by atoms with Crippen LogP contribution in [0.25, 0.3) is 11.0 Å². The Labute approximate surface area is 185 Å². The summed E-state index contributed by atoms with van der Waals surface area (Å²) in [4.78, 5) is 12.1. The van der Waals surface area contributed by atoms with Crippen LogP contribution in [0.3, 0.4) is 0 Å². The van der Waals surface area contributed by atoms with Gasteiger partial charge in [0.2, 0.25) is 0 Å². The van der Waals surface area contributed by atoms with E-state index in [1.54, 1.807) is 30.3 Å². The van der Waals surface area contributed by atoms with Gasteiger partial charge in [0.1, 0.15) is 5.58 Å². The zero-order chi connectivity index (χ0) is 22.9. The molecule has 1 saturated heterocycles. The van der Waals surface area contributed by atoms with Gasteiger partial charge in [-0.25, -0.2) is 4.79 Å². The molecule has 5 nitrogen and oxygen atoms in total. The average Bonchev–Trinajstić information content (AvgIpc) is 2.78. The van der Waals surface area contributed by atoms with E-state index in [1.807, 2.05) is 4.31 Å². The minimum atomic E-state index is -4.66. The minimum Gasteiger partial charge on any atom is -0.593 e. The van der Waals surface area contributed by atoms with E-state index >= 15 is 0 Å². The molecule has 1 aliphatic heterocycles. The van der Waals surface area contributed by atoms with Crippen LogP contribution in [-0.4, -0.2) is 33.7 Å². The van der Waals surface area contributed by atoms with Crippen LogP contribution in [0.2, 0.25) is 0 Å². The van der Waals surface area contributed by atoms with Gasteiger partial charge in [-0.1, -0.05) is 18.2 Å². The first-order chi connectivity index (χ1) is 15.2. The lowest BCUT2D eigenvalue weighted by Crippen LogP contribution is -2.40. The Bertz CT molecular complexity index is 1150. The van der Waals surface area contributed by atoms with E-state index in [0.29, 0.717) is 36.0 Å². The lowest BCUT2D eigenvalue weighted by atomic mass is 10.0. The van der Waals surface area contributed by atoms with Gasteiger partial charge in [0.15, 0.2) is 4.90 Å². The van der Waals surface area contributed by atoms with E-state index in [9.17, 15) is 27.6 Å². The molecular formula is C23H22F3NO4S. The van der Waals surface area contributed by atoms with Gasteiger partial charge in [-0.05, 0) is 60.6 Å². The largest absolute Gasteiger partial charge is 0.593 e. The molecule has 32 heavy (non-hydrogen) atoms. The highest BCUT2D eigenvalue weighted by Crippen LogP contribution is 2.34. The second-order valence-corrected chi connectivity index (χ2v) is 9.44. The minimum absolute atomic E-state index is 0.0812. The Morgan fingerprint density at radius 2 is 1.84 bits per heavy atom. The zero-order valence-corrected chi connectivity index (χ0v) is 17.9. The van der Waals surface area contributed by atoms with Gasteiger partial charge in [-0.2, -0.15) is 13.2 Å². The summed E-state index contributed by atoms with van der Waals surface area (Å²) in [7, 11) is 0. The van der Waals surface area contributed by atoms with Gasteiger partial charge < -0.3 is 14.1 Å². The van der Waals surface area contributed by atoms with E-state index in [4.69, 9.17) is 4.42 Å². The van der Waals surface area contributed by atoms with E-state index in [1.165, 1.54) is 12.1 Å². The fourth-order valence-electron chi connectivity index (χ4n) is 3.99. The van der Waals surface area contributed by atoms with Gasteiger partial charge in [-0.15, -0.1) is 4.31 Å². The molecule has 3 aromatic rings. The molecule has 0 aliphatic carbocycles. The van der Waals surface area contributed by atoms with Crippen LogP contribution in [0.4, 0.5) is 13.2 Å². The Hall–Kier alpha value is -2.33. The predicted octanol–water partition coefficient (Wildman–Crippen LogP) is 4.13. The van der Waals surface area contributed by atoms with Crippen LogP contribution in [0, 0.1) is 5.92 Å². The SMILES string of the molecule is O=c1cc(C(F)(F)F)c2cc(Cc3ccc([S+]([O-])N4CCCC(CO)C4)cc3)ccc2o1. The maximum atomic E-state index is 13.3. The predicted molar refractivity (Wildman–Crippen MR) is 115 cm³/mol. The summed E-state index contributed by atoms with van der Waals surface area (Å²) in [6, 6.07) is 12.0. The number of fused-ring (bicyclic) bond motifs is 1. The van der Waals surface area contributed by atoms with Gasteiger partial charge >= 0.3 is 11.8 Å². The Balaban J connectivity index is 1.53. The number of alkyl halides is 3. The third kappa shape index (κ3) is 5.01. The van der Waals surface area contributed by atoms with Crippen LogP contribution in [-0.2, 0) is 24.0 Å². The molecule has 1 aliphatic rings. The highest BCUT2D eigenvalue weighted by molar-refractivity contribution is 7.89. The summed E-state index contributed by atoms with van der Waals surface area (Å²) in [6.07, 6.45) is -2.48. The van der Waals surface area contributed by atoms with E-state index in [-0.39, 0.29) is 23.5 Å². The van der Waals surface area contributed by atoms with Gasteiger partial charge in [0.25, 0.3) is 0 Å². The number of benzene rings is 2. The van der Waals surface area contributed by atoms with E-state index in [0.717, 1.165) is 18.4 Å². The number of hydrogen-bond donors (Lipinski definition) is 1. The fourth-order valence-corrected chi connectivity index (χ4v) is 5.30. The van der Waals surface area contributed by atoms with Crippen molar-refractivity contribution in [1.29, 1.82) is 0 Å². The third-order valence-electron chi connectivity index (χ3n) is 5.62. The lowest BCUT2D eigenvalue weighted by molar-refractivity contribution is -0.136. The van der Waals surface area contributed by atoms with E-state index in [2.05, 4.69) is 0 Å². The Kier molecular flexibility index (Phi) is 6.62. The smallest absolute Gasteiger partial charge is 0.417 e. The second-order valence-electron chi connectivity index (χ2n) is 7.96. The molecule has 0 radical (unpaired) electrons. The number of aliphatic hydroxyl groups is 1. The van der Waals surface area contributed by atoms with Crippen LogP contribution in [0.5, 0.6) is 0 Å². The molecule has 1 aromatic heterocycles. The van der Waals surface area contributed by atoms with Gasteiger partial charge in [0.05, 0.1) is 16.9 Å². The zero-order valence-electron chi connectivity index (χ0n) is 17.1. The fraction of sp³-hybridized carbons (Fsp3) is 0.348. The van der Waals surface area contributed by atoms with Crippen molar-refractivity contribution in [3.05, 3.63) is 75.6 Å². The quantitative estimate of drug-likeness (QED) is 0.453. The van der Waals surface area contributed by atoms with Crippen molar-refractivity contribution in [2.24, 2.45) is 5.92 Å². The van der Waals surface area contributed by atoms with Crippen molar-refractivity contribution in [2.75, 3.05) is 19.7 Å². The summed E-state index contributed by atoms with van der Waals surface area (Å²) in [5.41, 5.74) is -0.684. The number of aliphatic hydroxyl groups excluding tert-OH is 1. The summed E-state index contributed by atoms with van der Waals surface area (Å²) in [6.45, 7) is 1.37. The standard InChI is InChI=1S/C23H22F3NO4S/c24-23(25,26)20-12-22(29)31-21-8-5-16(11-19(20)21)10-15-3-6-18(7-4-15)32(30)27-9-1-2-17(13-27)14-28/h3-8,11-12,17,28H,1-2,9-10,13-14H2. The molecular weight excluding hydrogens is 443 g/mol. The number of hydrogen-bond acceptors (Lipinski definition) is 5. The van der Waals surface area contributed by atoms with Crippen molar-refractivity contribution in [3.63, 3.8) is 0 Å². The van der Waals surface area contributed by atoms with Crippen LogP contribution < -0.4 is 5.63 Å². The number of rotatable bonds is 5. The summed E-state index contributed by atoms with van der Waals surface area (Å²) >= 11 is -1.33. The highest BCUT2D eigenvalue weighted by Gasteiger charge is 2.34. The molecule has 0 amide bonds. The molecule has 4 rings (SSSR count). The topological polar surface area (TPSA) is 76.7 Å². The molecule has 1 N–H and O–H groups in total. The molecule has 2 aromatic carbocycles. The summed E-state index contributed by atoms with van der Waals surface area (Å²) < 4.78 is 59.7. The number of nitrogens with zero attached hydrogens (tertiary/aromatic N) is 1. The van der Waals surface area contributed by atoms with Crippen LogP contribution in [0.1, 0.15) is 29.5 Å². The molecule has 0 bridgehead atoms. The number of piperidine rings is 1. The van der Waals surface area contributed by atoms with Crippen molar-refractivity contribution < 1.29 is 27.2 Å². The summed E-state index contributed by atoms with van der Waals surface area (Å²) in [5, 5.41) is 9.21. The molecule has 2 heterocycles. The Morgan fingerprint density at radius 1 is 1.12 bits per heavy atom. The molecule has 170 valence electrons. The van der Waals surface area contributed by atoms with Crippen molar-refractivity contribution in [3.8, 4) is 0 Å². The third-order valence-corrected chi connectivity index (χ3v) is 7.10. The monoisotopic (exact) mass is 465 g/mol.